The molecule has 1 amide bonds. The van der Waals surface area contributed by atoms with Crippen LogP contribution < -0.4 is 15.8 Å². The van der Waals surface area contributed by atoms with Crippen LogP contribution in [0.25, 0.3) is 0 Å². The number of hydrogen-bond donors (Lipinski definition) is 2. The first-order valence-electron chi connectivity index (χ1n) is 10.8. The summed E-state index contributed by atoms with van der Waals surface area (Å²) in [5.74, 6) is -1.36. The smallest absolute Gasteiger partial charge is 0.338 e. The fraction of sp³-hybridized carbons (Fsp3) is 0.269. The van der Waals surface area contributed by atoms with Gasteiger partial charge in [-0.1, -0.05) is 24.3 Å². The summed E-state index contributed by atoms with van der Waals surface area (Å²) in [4.78, 5) is 25.3. The van der Waals surface area contributed by atoms with Crippen molar-refractivity contribution in [2.45, 2.75) is 33.6 Å². The van der Waals surface area contributed by atoms with Crippen LogP contribution in [0.4, 0.5) is 5.69 Å². The van der Waals surface area contributed by atoms with Crippen LogP contribution in [0.15, 0.2) is 65.3 Å². The largest absolute Gasteiger partial charge is 0.483 e. The Bertz CT molecular complexity index is 1220. The summed E-state index contributed by atoms with van der Waals surface area (Å²) in [7, 11) is 0. The molecule has 8 heteroatoms. The van der Waals surface area contributed by atoms with E-state index < -0.39 is 11.9 Å². The van der Waals surface area contributed by atoms with Gasteiger partial charge in [-0.25, -0.2) is 4.79 Å². The van der Waals surface area contributed by atoms with Crippen molar-refractivity contribution in [2.75, 3.05) is 18.5 Å². The number of nitrogens with one attached hydrogen (secondary N) is 1. The van der Waals surface area contributed by atoms with E-state index in [2.05, 4.69) is 5.32 Å². The van der Waals surface area contributed by atoms with Crippen LogP contribution in [0.5, 0.6) is 5.75 Å². The molecule has 0 saturated carbocycles. The van der Waals surface area contributed by atoms with Crippen molar-refractivity contribution in [3.8, 4) is 11.8 Å². The van der Waals surface area contributed by atoms with Crippen LogP contribution in [0.3, 0.4) is 0 Å². The van der Waals surface area contributed by atoms with E-state index in [0.717, 1.165) is 11.1 Å². The van der Waals surface area contributed by atoms with Gasteiger partial charge in [0.15, 0.2) is 6.61 Å². The summed E-state index contributed by atoms with van der Waals surface area (Å²) < 4.78 is 16.5. The van der Waals surface area contributed by atoms with E-state index in [4.69, 9.17) is 19.9 Å². The van der Waals surface area contributed by atoms with Crippen molar-refractivity contribution in [3.63, 3.8) is 0 Å². The first kappa shape index (κ1) is 24.4. The van der Waals surface area contributed by atoms with Crippen molar-refractivity contribution in [2.24, 2.45) is 5.73 Å². The zero-order valence-corrected chi connectivity index (χ0v) is 19.6. The topological polar surface area (TPSA) is 124 Å². The van der Waals surface area contributed by atoms with Gasteiger partial charge in [-0.3, -0.25) is 4.79 Å². The first-order valence-corrected chi connectivity index (χ1v) is 10.8. The number of nitrogens with two attached hydrogens (primary N) is 1. The van der Waals surface area contributed by atoms with Crippen LogP contribution in [0, 0.1) is 25.2 Å². The third kappa shape index (κ3) is 5.21. The number of benzene rings is 2. The second-order valence-corrected chi connectivity index (χ2v) is 7.79. The molecule has 0 bridgehead atoms. The lowest BCUT2D eigenvalue weighted by Gasteiger charge is -2.28. The number of carbonyl (C=O) groups excluding carboxylic acids is 2. The molecule has 2 aromatic carbocycles. The zero-order valence-electron chi connectivity index (χ0n) is 19.6. The van der Waals surface area contributed by atoms with Crippen LogP contribution >= 0.6 is 0 Å². The maximum atomic E-state index is 12.8. The van der Waals surface area contributed by atoms with Gasteiger partial charge >= 0.3 is 5.97 Å². The van der Waals surface area contributed by atoms with E-state index in [0.29, 0.717) is 17.0 Å². The van der Waals surface area contributed by atoms with E-state index in [1.807, 2.05) is 38.1 Å². The minimum Gasteiger partial charge on any atom is -0.483 e. The number of nitriles is 1. The van der Waals surface area contributed by atoms with E-state index in [1.54, 1.807) is 38.1 Å². The second-order valence-electron chi connectivity index (χ2n) is 7.79. The van der Waals surface area contributed by atoms with Crippen LogP contribution in [0.1, 0.15) is 36.5 Å². The molecule has 1 aliphatic rings. The van der Waals surface area contributed by atoms with Gasteiger partial charge in [0.1, 0.15) is 23.2 Å². The highest BCUT2D eigenvalue weighted by Crippen LogP contribution is 2.42. The average Bonchev–Trinajstić information content (AvgIpc) is 2.80. The lowest BCUT2D eigenvalue weighted by molar-refractivity contribution is -0.139. The van der Waals surface area contributed by atoms with Crippen LogP contribution in [-0.4, -0.2) is 25.1 Å². The molecule has 0 fully saturated rings. The predicted molar refractivity (Wildman–Crippen MR) is 126 cm³/mol. The van der Waals surface area contributed by atoms with E-state index in [1.165, 1.54) is 0 Å². The fourth-order valence-electron chi connectivity index (χ4n) is 3.68. The van der Waals surface area contributed by atoms with Gasteiger partial charge in [0.2, 0.25) is 5.88 Å². The number of rotatable bonds is 7. The Morgan fingerprint density at radius 3 is 2.56 bits per heavy atom. The predicted octanol–water partition coefficient (Wildman–Crippen LogP) is 3.97. The molecule has 1 atom stereocenters. The van der Waals surface area contributed by atoms with Gasteiger partial charge < -0.3 is 25.3 Å². The normalized spacial score (nSPS) is 15.3. The van der Waals surface area contributed by atoms with Crippen molar-refractivity contribution in [1.29, 1.82) is 5.26 Å². The van der Waals surface area contributed by atoms with Crippen molar-refractivity contribution >= 4 is 17.6 Å². The molecule has 34 heavy (non-hydrogen) atoms. The lowest BCUT2D eigenvalue weighted by Crippen LogP contribution is -2.26. The van der Waals surface area contributed by atoms with Gasteiger partial charge in [-0.15, -0.1) is 0 Å². The van der Waals surface area contributed by atoms with Crippen LogP contribution in [-0.2, 0) is 19.1 Å². The zero-order chi connectivity index (χ0) is 24.8. The maximum absolute atomic E-state index is 12.8. The van der Waals surface area contributed by atoms with Crippen molar-refractivity contribution < 1.29 is 23.8 Å². The van der Waals surface area contributed by atoms with Gasteiger partial charge in [-0.2, -0.15) is 5.26 Å². The number of ether oxygens (including phenoxy) is 3. The van der Waals surface area contributed by atoms with Crippen LogP contribution in [0.2, 0.25) is 0 Å². The summed E-state index contributed by atoms with van der Waals surface area (Å²) in [6.07, 6.45) is 0. The molecular formula is C26H27N3O5. The van der Waals surface area contributed by atoms with Crippen molar-refractivity contribution in [1.82, 2.24) is 0 Å². The highest BCUT2D eigenvalue weighted by molar-refractivity contribution is 5.93. The minimum atomic E-state index is -0.864. The van der Waals surface area contributed by atoms with E-state index in [-0.39, 0.29) is 41.9 Å². The standard InChI is InChI=1S/C26H27N3O5/c1-5-32-26(31)23-17(4)34-25(28)20(13-27)24(23)19-8-6-7-9-21(19)33-14-22(30)29-18-11-10-15(2)16(3)12-18/h6-12,24H,5,14,28H2,1-4H3,(H,29,30). The quantitative estimate of drug-likeness (QED) is 0.598. The minimum absolute atomic E-state index is 0.0595. The summed E-state index contributed by atoms with van der Waals surface area (Å²) in [6, 6.07) is 14.5. The summed E-state index contributed by atoms with van der Waals surface area (Å²) in [5, 5.41) is 12.6. The van der Waals surface area contributed by atoms with Gasteiger partial charge in [0, 0.05) is 11.3 Å². The fourth-order valence-corrected chi connectivity index (χ4v) is 3.68. The Morgan fingerprint density at radius 1 is 1.15 bits per heavy atom. The molecule has 0 radical (unpaired) electrons. The molecule has 176 valence electrons. The summed E-state index contributed by atoms with van der Waals surface area (Å²) >= 11 is 0. The van der Waals surface area contributed by atoms with Crippen molar-refractivity contribution in [3.05, 3.63) is 81.9 Å². The molecule has 1 unspecified atom stereocenters. The summed E-state index contributed by atoms with van der Waals surface area (Å²) in [5.41, 5.74) is 9.53. The SMILES string of the molecule is CCOC(=O)C1=C(C)OC(N)=C(C#N)C1c1ccccc1OCC(=O)Nc1ccc(C)c(C)c1. The van der Waals surface area contributed by atoms with Gasteiger partial charge in [0.25, 0.3) is 5.91 Å². The van der Waals surface area contributed by atoms with Gasteiger partial charge in [0.05, 0.1) is 18.1 Å². The molecule has 1 aliphatic heterocycles. The molecule has 0 spiro atoms. The molecule has 0 aliphatic carbocycles. The number of allylic oxidation sites excluding steroid dienone is 2. The Morgan fingerprint density at radius 2 is 1.88 bits per heavy atom. The Hall–Kier alpha value is -4.25. The number of hydrogen-bond acceptors (Lipinski definition) is 7. The molecule has 3 rings (SSSR count). The number of aryl methyl sites for hydroxylation is 2. The van der Waals surface area contributed by atoms with E-state index in [9.17, 15) is 14.9 Å². The molecule has 3 N–H and O–H groups in total. The Kier molecular flexibility index (Phi) is 7.59. The highest BCUT2D eigenvalue weighted by Gasteiger charge is 2.37. The first-order chi connectivity index (χ1) is 16.3. The monoisotopic (exact) mass is 461 g/mol. The van der Waals surface area contributed by atoms with Gasteiger partial charge in [-0.05, 0) is 57.0 Å². The summed E-state index contributed by atoms with van der Waals surface area (Å²) in [6.45, 7) is 7.11. The number of nitrogens with zero attached hydrogens (tertiary/aromatic N) is 1. The second kappa shape index (κ2) is 10.6. The average molecular weight is 462 g/mol. The molecule has 2 aromatic rings. The number of esters is 1. The number of para-hydroxylation sites is 1. The Balaban J connectivity index is 1.89. The molecule has 1 heterocycles. The lowest BCUT2D eigenvalue weighted by atomic mass is 9.82. The molecule has 8 nitrogen and oxygen atoms in total. The maximum Gasteiger partial charge on any atom is 0.338 e. The van der Waals surface area contributed by atoms with E-state index >= 15 is 0 Å². The Labute approximate surface area is 198 Å². The number of amides is 1. The third-order valence-corrected chi connectivity index (χ3v) is 5.48. The third-order valence-electron chi connectivity index (χ3n) is 5.48. The molecular weight excluding hydrogens is 434 g/mol. The highest BCUT2D eigenvalue weighted by atomic mass is 16.5. The number of anilines is 1. The molecule has 0 saturated heterocycles. The molecule has 0 aromatic heterocycles. The number of carbonyl (C=O) groups is 2.